The van der Waals surface area contributed by atoms with Crippen LogP contribution in [0.4, 0.5) is 0 Å². The summed E-state index contributed by atoms with van der Waals surface area (Å²) in [5.41, 5.74) is 0.436. The molecule has 1 saturated heterocycles. The Morgan fingerprint density at radius 1 is 1.07 bits per heavy atom. The number of nitrogens with one attached hydrogen (secondary N) is 1. The maximum absolute atomic E-state index is 13.2. The van der Waals surface area contributed by atoms with E-state index in [-0.39, 0.29) is 22.9 Å². The first kappa shape index (κ1) is 20.3. The molecule has 1 aromatic rings. The number of piperidine rings is 1. The molecule has 2 fully saturated rings. The lowest BCUT2D eigenvalue weighted by Gasteiger charge is -2.34. The van der Waals surface area contributed by atoms with Crippen molar-refractivity contribution < 1.29 is 13.2 Å². The van der Waals surface area contributed by atoms with Gasteiger partial charge in [-0.3, -0.25) is 4.79 Å². The maximum Gasteiger partial charge on any atom is 0.251 e. The molecular weight excluding hydrogens is 360 g/mol. The third kappa shape index (κ3) is 4.91. The normalized spacial score (nSPS) is 22.9. The minimum absolute atomic E-state index is 0.0622. The Hall–Kier alpha value is -1.40. The summed E-state index contributed by atoms with van der Waals surface area (Å²) in [5.74, 6) is -0.162. The van der Waals surface area contributed by atoms with Crippen LogP contribution in [0.15, 0.2) is 29.2 Å². The van der Waals surface area contributed by atoms with Gasteiger partial charge >= 0.3 is 0 Å². The first-order valence-electron chi connectivity index (χ1n) is 10.4. The van der Waals surface area contributed by atoms with Gasteiger partial charge in [-0.05, 0) is 50.3 Å². The molecule has 1 heterocycles. The summed E-state index contributed by atoms with van der Waals surface area (Å²) in [6, 6.07) is 6.80. The van der Waals surface area contributed by atoms with E-state index < -0.39 is 10.0 Å². The Kier molecular flexibility index (Phi) is 6.93. The lowest BCUT2D eigenvalue weighted by atomic mass is 10.0. The summed E-state index contributed by atoms with van der Waals surface area (Å²) in [4.78, 5) is 12.9. The van der Waals surface area contributed by atoms with Gasteiger partial charge in [0.15, 0.2) is 0 Å². The van der Waals surface area contributed by atoms with E-state index >= 15 is 0 Å². The molecule has 1 atom stereocenters. The topological polar surface area (TPSA) is 66.5 Å². The number of nitrogens with zero attached hydrogens (tertiary/aromatic N) is 1. The first-order valence-corrected chi connectivity index (χ1v) is 11.9. The fourth-order valence-electron chi connectivity index (χ4n) is 4.32. The van der Waals surface area contributed by atoms with Crippen LogP contribution < -0.4 is 5.32 Å². The number of carbonyl (C=O) groups excluding carboxylic acids is 1. The minimum Gasteiger partial charge on any atom is -0.349 e. The molecule has 0 aromatic heterocycles. The highest BCUT2D eigenvalue weighted by molar-refractivity contribution is 7.89. The Balaban J connectivity index is 1.76. The standard InChI is InChI=1S/C21H32N2O3S/c1-2-19-13-7-8-15-23(19)27(25,26)20-14-9-10-17(16-20)21(24)22-18-11-5-3-4-6-12-18/h9-10,14,16,18-19H,2-8,11-13,15H2,1H3,(H,22,24). The van der Waals surface area contributed by atoms with Crippen LogP contribution in [0.25, 0.3) is 0 Å². The summed E-state index contributed by atoms with van der Waals surface area (Å²) in [7, 11) is -3.56. The molecular formula is C21H32N2O3S. The highest BCUT2D eigenvalue weighted by Gasteiger charge is 2.32. The summed E-state index contributed by atoms with van der Waals surface area (Å²) >= 11 is 0. The zero-order valence-electron chi connectivity index (χ0n) is 16.3. The number of hydrogen-bond acceptors (Lipinski definition) is 3. The van der Waals surface area contributed by atoms with Gasteiger partial charge in [-0.1, -0.05) is 45.1 Å². The van der Waals surface area contributed by atoms with Crippen molar-refractivity contribution in [2.24, 2.45) is 0 Å². The summed E-state index contributed by atoms with van der Waals surface area (Å²) in [5, 5.41) is 3.11. The summed E-state index contributed by atoms with van der Waals surface area (Å²) in [6.07, 6.45) is 10.5. The van der Waals surface area contributed by atoms with Gasteiger partial charge in [0.05, 0.1) is 4.90 Å². The monoisotopic (exact) mass is 392 g/mol. The maximum atomic E-state index is 13.2. The van der Waals surface area contributed by atoms with Crippen LogP contribution in [-0.2, 0) is 10.0 Å². The quantitative estimate of drug-likeness (QED) is 0.768. The van der Waals surface area contributed by atoms with Gasteiger partial charge < -0.3 is 5.32 Å². The number of amides is 1. The fourth-order valence-corrected chi connectivity index (χ4v) is 6.14. The van der Waals surface area contributed by atoms with E-state index in [0.29, 0.717) is 12.1 Å². The fraction of sp³-hybridized carbons (Fsp3) is 0.667. The van der Waals surface area contributed by atoms with E-state index in [4.69, 9.17) is 0 Å². The van der Waals surface area contributed by atoms with Crippen LogP contribution in [-0.4, -0.2) is 37.3 Å². The van der Waals surface area contributed by atoms with Gasteiger partial charge in [-0.2, -0.15) is 4.31 Å². The predicted molar refractivity (Wildman–Crippen MR) is 107 cm³/mol. The van der Waals surface area contributed by atoms with Crippen molar-refractivity contribution >= 4 is 15.9 Å². The van der Waals surface area contributed by atoms with Crippen molar-refractivity contribution in [3.05, 3.63) is 29.8 Å². The molecule has 1 unspecified atom stereocenters. The van der Waals surface area contributed by atoms with Crippen molar-refractivity contribution in [1.82, 2.24) is 9.62 Å². The van der Waals surface area contributed by atoms with Crippen LogP contribution in [0.1, 0.15) is 81.5 Å². The minimum atomic E-state index is -3.56. The van der Waals surface area contributed by atoms with Crippen molar-refractivity contribution in [2.75, 3.05) is 6.54 Å². The molecule has 5 nitrogen and oxygen atoms in total. The van der Waals surface area contributed by atoms with E-state index in [1.165, 1.54) is 12.8 Å². The molecule has 1 aromatic carbocycles. The lowest BCUT2D eigenvalue weighted by molar-refractivity contribution is 0.0933. The number of hydrogen-bond donors (Lipinski definition) is 1. The number of benzene rings is 1. The zero-order chi connectivity index (χ0) is 19.3. The van der Waals surface area contributed by atoms with Crippen molar-refractivity contribution in [3.63, 3.8) is 0 Å². The molecule has 3 rings (SSSR count). The average Bonchev–Trinajstić information content (AvgIpc) is 2.96. The largest absolute Gasteiger partial charge is 0.349 e. The lowest BCUT2D eigenvalue weighted by Crippen LogP contribution is -2.43. The summed E-state index contributed by atoms with van der Waals surface area (Å²) < 4.78 is 28.0. The third-order valence-corrected chi connectivity index (χ3v) is 7.89. The van der Waals surface area contributed by atoms with Crippen LogP contribution in [0.2, 0.25) is 0 Å². The van der Waals surface area contributed by atoms with Crippen LogP contribution in [0.5, 0.6) is 0 Å². The highest BCUT2D eigenvalue weighted by Crippen LogP contribution is 2.27. The second-order valence-electron chi connectivity index (χ2n) is 7.86. The van der Waals surface area contributed by atoms with E-state index in [1.807, 2.05) is 6.92 Å². The molecule has 0 bridgehead atoms. The van der Waals surface area contributed by atoms with E-state index in [2.05, 4.69) is 5.32 Å². The van der Waals surface area contributed by atoms with E-state index in [0.717, 1.165) is 51.4 Å². The molecule has 1 aliphatic carbocycles. The molecule has 2 aliphatic rings. The second kappa shape index (κ2) is 9.20. The number of rotatable bonds is 5. The van der Waals surface area contributed by atoms with Gasteiger partial charge in [0.2, 0.25) is 10.0 Å². The average molecular weight is 393 g/mol. The second-order valence-corrected chi connectivity index (χ2v) is 9.75. The van der Waals surface area contributed by atoms with Gasteiger partial charge in [0.1, 0.15) is 0 Å². The van der Waals surface area contributed by atoms with Gasteiger partial charge in [-0.25, -0.2) is 8.42 Å². The molecule has 1 saturated carbocycles. The molecule has 0 spiro atoms. The van der Waals surface area contributed by atoms with Crippen molar-refractivity contribution in [3.8, 4) is 0 Å². The first-order chi connectivity index (χ1) is 13.0. The molecule has 1 amide bonds. The van der Waals surface area contributed by atoms with Gasteiger partial charge in [0, 0.05) is 24.2 Å². The summed E-state index contributed by atoms with van der Waals surface area (Å²) in [6.45, 7) is 2.61. The number of sulfonamides is 1. The van der Waals surface area contributed by atoms with Crippen LogP contribution in [0, 0.1) is 0 Å². The smallest absolute Gasteiger partial charge is 0.251 e. The molecule has 0 radical (unpaired) electrons. The molecule has 6 heteroatoms. The van der Waals surface area contributed by atoms with Crippen LogP contribution >= 0.6 is 0 Å². The Bertz CT molecular complexity index is 740. The Morgan fingerprint density at radius 3 is 2.48 bits per heavy atom. The van der Waals surface area contributed by atoms with Crippen LogP contribution in [0.3, 0.4) is 0 Å². The molecule has 1 N–H and O–H groups in total. The van der Waals surface area contributed by atoms with E-state index in [1.54, 1.807) is 28.6 Å². The zero-order valence-corrected chi connectivity index (χ0v) is 17.1. The molecule has 27 heavy (non-hydrogen) atoms. The Labute approximate surface area is 163 Å². The SMILES string of the molecule is CCC1CCCCN1S(=O)(=O)c1cccc(C(=O)NC2CCCCCC2)c1. The Morgan fingerprint density at radius 2 is 1.78 bits per heavy atom. The predicted octanol–water partition coefficient (Wildman–Crippen LogP) is 4.09. The third-order valence-electron chi connectivity index (χ3n) is 5.94. The molecule has 150 valence electrons. The van der Waals surface area contributed by atoms with Gasteiger partial charge in [-0.15, -0.1) is 0 Å². The van der Waals surface area contributed by atoms with Crippen molar-refractivity contribution in [2.45, 2.75) is 88.1 Å². The molecule has 1 aliphatic heterocycles. The van der Waals surface area contributed by atoms with Gasteiger partial charge in [0.25, 0.3) is 5.91 Å². The van der Waals surface area contributed by atoms with E-state index in [9.17, 15) is 13.2 Å². The van der Waals surface area contributed by atoms with Crippen molar-refractivity contribution in [1.29, 1.82) is 0 Å². The highest BCUT2D eigenvalue weighted by atomic mass is 32.2. The number of carbonyl (C=O) groups is 1.